The zero-order valence-corrected chi connectivity index (χ0v) is 17.9. The molecule has 158 valence electrons. The monoisotopic (exact) mass is 425 g/mol. The lowest BCUT2D eigenvalue weighted by Gasteiger charge is -2.30. The smallest absolute Gasteiger partial charge is 0.307 e. The number of carboxylic acids is 1. The van der Waals surface area contributed by atoms with Gasteiger partial charge in [0.25, 0.3) is 0 Å². The minimum absolute atomic E-state index is 0.246. The second-order valence-corrected chi connectivity index (χ2v) is 8.57. The van der Waals surface area contributed by atoms with Gasteiger partial charge in [0.2, 0.25) is 0 Å². The summed E-state index contributed by atoms with van der Waals surface area (Å²) in [5, 5.41) is 9.99. The van der Waals surface area contributed by atoms with Gasteiger partial charge in [-0.05, 0) is 72.2 Å². The molecule has 0 spiro atoms. The largest absolute Gasteiger partial charge is 0.481 e. The normalized spacial score (nSPS) is 20.4. The van der Waals surface area contributed by atoms with Crippen LogP contribution in [0.1, 0.15) is 35.1 Å². The maximum Gasteiger partial charge on any atom is 0.307 e. The summed E-state index contributed by atoms with van der Waals surface area (Å²) < 4.78 is 5.94. The Kier molecular flexibility index (Phi) is 6.88. The van der Waals surface area contributed by atoms with E-state index in [4.69, 9.17) is 16.3 Å². The fourth-order valence-corrected chi connectivity index (χ4v) is 4.70. The number of nitrogens with zero attached hydrogens (tertiary/aromatic N) is 1. The molecule has 0 aromatic heterocycles. The molecule has 0 amide bonds. The van der Waals surface area contributed by atoms with Gasteiger partial charge in [0.15, 0.2) is 0 Å². The van der Waals surface area contributed by atoms with Crippen molar-refractivity contribution in [2.24, 2.45) is 5.92 Å². The number of aryl methyl sites for hydroxylation is 2. The highest BCUT2D eigenvalue weighted by molar-refractivity contribution is 6.30. The van der Waals surface area contributed by atoms with Gasteiger partial charge in [0.1, 0.15) is 0 Å². The number of benzene rings is 2. The highest BCUT2D eigenvalue weighted by atomic mass is 35.5. The zero-order chi connectivity index (χ0) is 20.9. The number of hydrogen-bond acceptors (Lipinski definition) is 3. The quantitative estimate of drug-likeness (QED) is 0.682. The third-order valence-electron chi connectivity index (χ3n) is 6.15. The highest BCUT2D eigenvalue weighted by Gasteiger charge is 2.25. The summed E-state index contributed by atoms with van der Waals surface area (Å²) in [6.45, 7) is 3.46. The van der Waals surface area contributed by atoms with Crippen LogP contribution in [-0.4, -0.2) is 48.8 Å². The number of ether oxygens (including phenoxy) is 1. The van der Waals surface area contributed by atoms with Crippen LogP contribution in [0.3, 0.4) is 0 Å². The van der Waals surface area contributed by atoms with Gasteiger partial charge in [0, 0.05) is 18.1 Å². The lowest BCUT2D eigenvalue weighted by molar-refractivity contribution is -0.143. The number of fused-ring (bicyclic) bond motifs is 2. The summed E-state index contributed by atoms with van der Waals surface area (Å²) in [6.07, 6.45) is 5.90. The van der Waals surface area contributed by atoms with E-state index in [-0.39, 0.29) is 5.92 Å². The molecule has 4 rings (SSSR count). The number of rotatable bonds is 6. The summed E-state index contributed by atoms with van der Waals surface area (Å²) in [6, 6.07) is 14.7. The molecule has 0 radical (unpaired) electrons. The zero-order valence-electron chi connectivity index (χ0n) is 17.1. The third kappa shape index (κ3) is 4.94. The summed E-state index contributed by atoms with van der Waals surface area (Å²) in [7, 11) is 0. The minimum atomic E-state index is -0.685. The molecule has 1 atom stereocenters. The van der Waals surface area contributed by atoms with Crippen LogP contribution in [0.15, 0.2) is 48.5 Å². The second-order valence-electron chi connectivity index (χ2n) is 8.13. The number of likely N-dealkylation sites (tertiary alicyclic amines) is 1. The third-order valence-corrected chi connectivity index (χ3v) is 6.38. The average molecular weight is 426 g/mol. The van der Waals surface area contributed by atoms with E-state index >= 15 is 0 Å². The summed E-state index contributed by atoms with van der Waals surface area (Å²) in [5.74, 6) is -0.931. The molecule has 30 heavy (non-hydrogen) atoms. The van der Waals surface area contributed by atoms with Crippen LogP contribution in [0.4, 0.5) is 0 Å². The molecule has 0 saturated carbocycles. The maximum absolute atomic E-state index is 11.2. The Balaban J connectivity index is 1.43. The van der Waals surface area contributed by atoms with Gasteiger partial charge in [0.05, 0.1) is 19.1 Å². The first kappa shape index (κ1) is 21.1. The van der Waals surface area contributed by atoms with E-state index in [0.29, 0.717) is 19.8 Å². The minimum Gasteiger partial charge on any atom is -0.481 e. The first-order valence-corrected chi connectivity index (χ1v) is 11.1. The molecule has 4 nitrogen and oxygen atoms in total. The Morgan fingerprint density at radius 1 is 1.17 bits per heavy atom. The predicted octanol–water partition coefficient (Wildman–Crippen LogP) is 4.68. The molecule has 1 saturated heterocycles. The number of aliphatic carboxylic acids is 1. The fourth-order valence-electron chi connectivity index (χ4n) is 4.53. The van der Waals surface area contributed by atoms with Crippen molar-refractivity contribution in [3.63, 3.8) is 0 Å². The molecule has 0 unspecified atom stereocenters. The molecular formula is C25H28ClNO3. The van der Waals surface area contributed by atoms with E-state index in [1.165, 1.54) is 27.8 Å². The van der Waals surface area contributed by atoms with Gasteiger partial charge in [-0.3, -0.25) is 4.79 Å². The van der Waals surface area contributed by atoms with Crippen LogP contribution < -0.4 is 0 Å². The van der Waals surface area contributed by atoms with Crippen molar-refractivity contribution in [2.75, 3.05) is 32.8 Å². The number of carbonyl (C=O) groups is 1. The summed E-state index contributed by atoms with van der Waals surface area (Å²) in [4.78, 5) is 13.4. The molecule has 5 heteroatoms. The van der Waals surface area contributed by atoms with Crippen molar-refractivity contribution in [1.82, 2.24) is 4.90 Å². The van der Waals surface area contributed by atoms with Gasteiger partial charge in [-0.2, -0.15) is 0 Å². The van der Waals surface area contributed by atoms with Crippen molar-refractivity contribution in [2.45, 2.75) is 25.7 Å². The van der Waals surface area contributed by atoms with E-state index < -0.39 is 5.97 Å². The first-order valence-electron chi connectivity index (χ1n) is 10.7. The topological polar surface area (TPSA) is 49.8 Å². The molecule has 1 N–H and O–H groups in total. The predicted molar refractivity (Wildman–Crippen MR) is 120 cm³/mol. The van der Waals surface area contributed by atoms with Gasteiger partial charge in [-0.1, -0.05) is 48.0 Å². The van der Waals surface area contributed by atoms with Crippen LogP contribution >= 0.6 is 11.6 Å². The standard InChI is InChI=1S/C25H28ClNO3/c26-21-10-9-19-8-7-18-4-1-2-6-22(18)23(24(19)16-21)11-14-30-15-13-27-12-3-5-20(17-27)25(28)29/h1-2,4,6,9-11,16,20H,3,5,7-8,12-15,17H2,(H,28,29)/b23-11-/t20-/m1/s1. The Morgan fingerprint density at radius 3 is 2.80 bits per heavy atom. The molecule has 2 aromatic carbocycles. The van der Waals surface area contributed by atoms with Crippen LogP contribution in [0, 0.1) is 5.92 Å². The van der Waals surface area contributed by atoms with Crippen molar-refractivity contribution in [1.29, 1.82) is 0 Å². The molecule has 1 heterocycles. The lowest BCUT2D eigenvalue weighted by Crippen LogP contribution is -2.40. The molecule has 0 bridgehead atoms. The first-order chi connectivity index (χ1) is 14.6. The Morgan fingerprint density at radius 2 is 1.97 bits per heavy atom. The van der Waals surface area contributed by atoms with E-state index in [1.807, 2.05) is 6.07 Å². The van der Waals surface area contributed by atoms with Crippen LogP contribution in [0.2, 0.25) is 5.02 Å². The van der Waals surface area contributed by atoms with Crippen LogP contribution in [-0.2, 0) is 22.4 Å². The molecule has 1 aliphatic carbocycles. The Hall–Kier alpha value is -2.14. The summed E-state index contributed by atoms with van der Waals surface area (Å²) in [5.41, 5.74) is 6.29. The van der Waals surface area contributed by atoms with E-state index in [1.54, 1.807) is 0 Å². The number of carboxylic acid groups (broad SMARTS) is 1. The lowest BCUT2D eigenvalue weighted by atomic mass is 9.94. The van der Waals surface area contributed by atoms with Gasteiger partial charge < -0.3 is 14.7 Å². The van der Waals surface area contributed by atoms with Crippen molar-refractivity contribution < 1.29 is 14.6 Å². The fraction of sp³-hybridized carbons (Fsp3) is 0.400. The van der Waals surface area contributed by atoms with Gasteiger partial charge in [-0.15, -0.1) is 0 Å². The van der Waals surface area contributed by atoms with Gasteiger partial charge >= 0.3 is 5.97 Å². The van der Waals surface area contributed by atoms with E-state index in [9.17, 15) is 9.90 Å². The Bertz CT molecular complexity index is 940. The highest BCUT2D eigenvalue weighted by Crippen LogP contribution is 2.34. The molecule has 2 aliphatic rings. The Labute approximate surface area is 183 Å². The van der Waals surface area contributed by atoms with Gasteiger partial charge in [-0.25, -0.2) is 0 Å². The number of hydrogen-bond donors (Lipinski definition) is 1. The van der Waals surface area contributed by atoms with Crippen LogP contribution in [0.5, 0.6) is 0 Å². The SMILES string of the molecule is O=C(O)[C@@H]1CCCN(CCOC/C=C2/c3ccccc3CCc3ccc(Cl)cc32)C1. The number of piperidine rings is 1. The van der Waals surface area contributed by atoms with E-state index in [2.05, 4.69) is 47.4 Å². The summed E-state index contributed by atoms with van der Waals surface area (Å²) >= 11 is 6.32. The molecular weight excluding hydrogens is 398 g/mol. The molecule has 1 fully saturated rings. The maximum atomic E-state index is 11.2. The van der Waals surface area contributed by atoms with Crippen molar-refractivity contribution >= 4 is 23.1 Å². The van der Waals surface area contributed by atoms with Crippen LogP contribution in [0.25, 0.3) is 5.57 Å². The van der Waals surface area contributed by atoms with E-state index in [0.717, 1.165) is 43.8 Å². The molecule has 1 aliphatic heterocycles. The second kappa shape index (κ2) is 9.78. The molecule has 2 aromatic rings. The average Bonchev–Trinajstić information content (AvgIpc) is 2.90. The van der Waals surface area contributed by atoms with Crippen molar-refractivity contribution in [3.8, 4) is 0 Å². The van der Waals surface area contributed by atoms with Crippen molar-refractivity contribution in [3.05, 3.63) is 75.8 Å². The number of halogens is 1.